The quantitative estimate of drug-likeness (QED) is 0.348. The first kappa shape index (κ1) is 28.0. The van der Waals surface area contributed by atoms with Crippen molar-refractivity contribution in [3.05, 3.63) is 54.1 Å². The molecule has 0 saturated carbocycles. The van der Waals surface area contributed by atoms with Crippen LogP contribution in [0.4, 0.5) is 11.4 Å². The van der Waals surface area contributed by atoms with E-state index < -0.39 is 36.3 Å². The first-order chi connectivity index (χ1) is 19.2. The molecule has 0 aromatic heterocycles. The van der Waals surface area contributed by atoms with Crippen LogP contribution in [-0.4, -0.2) is 67.7 Å². The van der Waals surface area contributed by atoms with Gasteiger partial charge in [-0.1, -0.05) is 18.2 Å². The van der Waals surface area contributed by atoms with Gasteiger partial charge in [0, 0.05) is 19.4 Å². The molecule has 1 unspecified atom stereocenters. The van der Waals surface area contributed by atoms with Crippen LogP contribution >= 0.6 is 0 Å². The summed E-state index contributed by atoms with van der Waals surface area (Å²) in [7, 11) is 0. The molecule has 12 nitrogen and oxygen atoms in total. The highest BCUT2D eigenvalue weighted by atomic mass is 16.7. The lowest BCUT2D eigenvalue weighted by Crippen LogP contribution is -2.54. The number of hydrogen-bond donors (Lipinski definition) is 2. The number of ketones is 1. The summed E-state index contributed by atoms with van der Waals surface area (Å²) in [5.41, 5.74) is 1.32. The summed E-state index contributed by atoms with van der Waals surface area (Å²) in [6.07, 6.45) is 3.04. The van der Waals surface area contributed by atoms with E-state index in [2.05, 4.69) is 10.6 Å². The van der Waals surface area contributed by atoms with Crippen LogP contribution in [0.25, 0.3) is 6.08 Å². The first-order valence-electron chi connectivity index (χ1n) is 12.5. The van der Waals surface area contributed by atoms with Gasteiger partial charge in [-0.3, -0.25) is 28.9 Å². The van der Waals surface area contributed by atoms with Crippen molar-refractivity contribution in [1.82, 2.24) is 10.6 Å². The van der Waals surface area contributed by atoms with E-state index in [1.54, 1.807) is 42.5 Å². The number of nitrogens with one attached hydrogen (secondary N) is 2. The molecule has 0 spiro atoms. The van der Waals surface area contributed by atoms with E-state index in [0.717, 1.165) is 4.90 Å². The molecule has 2 aromatic carbocycles. The minimum atomic E-state index is -1.20. The van der Waals surface area contributed by atoms with Crippen molar-refractivity contribution in [2.24, 2.45) is 0 Å². The van der Waals surface area contributed by atoms with Crippen LogP contribution in [0.1, 0.15) is 25.8 Å². The van der Waals surface area contributed by atoms with Gasteiger partial charge in [0.25, 0.3) is 5.91 Å². The Bertz CT molecular complexity index is 1390. The smallest absolute Gasteiger partial charge is 0.251 e. The molecule has 0 fully saturated rings. The van der Waals surface area contributed by atoms with E-state index in [1.165, 1.54) is 30.9 Å². The molecule has 2 aliphatic heterocycles. The zero-order valence-corrected chi connectivity index (χ0v) is 21.9. The molecular formula is C28H28N4O8. The third-order valence-corrected chi connectivity index (χ3v) is 6.23. The van der Waals surface area contributed by atoms with E-state index in [9.17, 15) is 28.8 Å². The van der Waals surface area contributed by atoms with Crippen LogP contribution in [0, 0.1) is 0 Å². The lowest BCUT2D eigenvalue weighted by atomic mass is 10.1. The number of Topliss-reactive ketones (excluding diaryl/α,β-unsaturated/α-hetero) is 1. The molecular weight excluding hydrogens is 520 g/mol. The van der Waals surface area contributed by atoms with Gasteiger partial charge in [-0.15, -0.1) is 0 Å². The number of carbonyl (C=O) groups excluding carboxylic acids is 6. The number of ether oxygens (including phenoxy) is 2. The number of rotatable bonds is 9. The Morgan fingerprint density at radius 2 is 1.77 bits per heavy atom. The zero-order chi connectivity index (χ0) is 28.8. The number of hydrogen-bond acceptors (Lipinski definition) is 8. The van der Waals surface area contributed by atoms with Crippen molar-refractivity contribution in [1.29, 1.82) is 0 Å². The second-order valence-corrected chi connectivity index (χ2v) is 9.27. The maximum atomic E-state index is 13.7. The highest BCUT2D eigenvalue weighted by Gasteiger charge is 2.36. The normalized spacial score (nSPS) is 16.6. The molecule has 2 aromatic rings. The Balaban J connectivity index is 1.56. The molecule has 4 rings (SSSR count). The number of benzene rings is 2. The molecule has 0 radical (unpaired) electrons. The first-order valence-corrected chi connectivity index (χ1v) is 12.5. The number of fused-ring (bicyclic) bond motifs is 2. The number of aldehydes is 1. The molecule has 2 heterocycles. The van der Waals surface area contributed by atoms with Gasteiger partial charge in [-0.25, -0.2) is 0 Å². The summed E-state index contributed by atoms with van der Waals surface area (Å²) in [6.45, 7) is 2.06. The summed E-state index contributed by atoms with van der Waals surface area (Å²) in [4.78, 5) is 77.2. The van der Waals surface area contributed by atoms with Gasteiger partial charge in [-0.2, -0.15) is 0 Å². The second kappa shape index (κ2) is 12.2. The van der Waals surface area contributed by atoms with Gasteiger partial charge in [0.15, 0.2) is 11.5 Å². The van der Waals surface area contributed by atoms with Gasteiger partial charge >= 0.3 is 0 Å². The van der Waals surface area contributed by atoms with Gasteiger partial charge in [0.2, 0.25) is 24.5 Å². The molecule has 0 aliphatic carbocycles. The Morgan fingerprint density at radius 3 is 2.48 bits per heavy atom. The van der Waals surface area contributed by atoms with Crippen molar-refractivity contribution >= 4 is 53.1 Å². The number of amides is 4. The minimum absolute atomic E-state index is 0.114. The number of nitrogens with zero attached hydrogens (tertiary/aromatic N) is 2. The zero-order valence-electron chi connectivity index (χ0n) is 21.9. The van der Waals surface area contributed by atoms with Crippen molar-refractivity contribution in [2.45, 2.75) is 32.4 Å². The predicted octanol–water partition coefficient (Wildman–Crippen LogP) is 0.976. The fourth-order valence-corrected chi connectivity index (χ4v) is 4.40. The van der Waals surface area contributed by atoms with Crippen LogP contribution in [0.5, 0.6) is 11.5 Å². The maximum Gasteiger partial charge on any atom is 0.251 e. The van der Waals surface area contributed by atoms with Gasteiger partial charge in [-0.05, 0) is 42.8 Å². The topological polar surface area (TPSA) is 151 Å². The summed E-state index contributed by atoms with van der Waals surface area (Å²) < 4.78 is 10.6. The van der Waals surface area contributed by atoms with E-state index in [1.807, 2.05) is 0 Å². The van der Waals surface area contributed by atoms with E-state index in [0.29, 0.717) is 29.0 Å². The summed E-state index contributed by atoms with van der Waals surface area (Å²) in [5.74, 6) is -1.44. The van der Waals surface area contributed by atoms with Crippen LogP contribution in [0.3, 0.4) is 0 Å². The monoisotopic (exact) mass is 548 g/mol. The van der Waals surface area contributed by atoms with Gasteiger partial charge < -0.3 is 29.8 Å². The number of carbonyl (C=O) groups is 6. The molecule has 40 heavy (non-hydrogen) atoms. The van der Waals surface area contributed by atoms with E-state index in [-0.39, 0.29) is 37.1 Å². The Morgan fingerprint density at radius 1 is 1.05 bits per heavy atom. The fourth-order valence-electron chi connectivity index (χ4n) is 4.40. The Labute approximate surface area is 229 Å². The van der Waals surface area contributed by atoms with Crippen molar-refractivity contribution < 1.29 is 38.2 Å². The average molecular weight is 549 g/mol. The lowest BCUT2D eigenvalue weighted by Gasteiger charge is -2.25. The molecule has 208 valence electrons. The Hall–Kier alpha value is -5.00. The average Bonchev–Trinajstić information content (AvgIpc) is 3.36. The van der Waals surface area contributed by atoms with Gasteiger partial charge in [0.1, 0.15) is 24.7 Å². The Kier molecular flexibility index (Phi) is 8.57. The van der Waals surface area contributed by atoms with Crippen LogP contribution < -0.4 is 29.9 Å². The van der Waals surface area contributed by atoms with Crippen LogP contribution in [0.2, 0.25) is 0 Å². The molecule has 2 atom stereocenters. The predicted molar refractivity (Wildman–Crippen MR) is 144 cm³/mol. The molecule has 2 aliphatic rings. The van der Waals surface area contributed by atoms with Crippen molar-refractivity contribution in [3.63, 3.8) is 0 Å². The van der Waals surface area contributed by atoms with Gasteiger partial charge in [0.05, 0.1) is 24.0 Å². The SMILES string of the molecule is CC(=O)C[C@@H](C=O)NC(=O)CN1C(=O)C(NC(=O)/C=C/c2ccc3c(c2)OCO3)CN(C(C)=O)c2ccccc21. The van der Waals surface area contributed by atoms with Crippen molar-refractivity contribution in [3.8, 4) is 11.5 Å². The largest absolute Gasteiger partial charge is 0.454 e. The molecule has 0 saturated heterocycles. The third-order valence-electron chi connectivity index (χ3n) is 6.23. The highest BCUT2D eigenvalue weighted by molar-refractivity contribution is 6.10. The molecule has 2 N–H and O–H groups in total. The number of anilines is 2. The lowest BCUT2D eigenvalue weighted by molar-refractivity contribution is -0.128. The molecule has 4 amide bonds. The van der Waals surface area contributed by atoms with Crippen molar-refractivity contribution in [2.75, 3.05) is 29.7 Å². The summed E-state index contributed by atoms with van der Waals surface area (Å²) in [6, 6.07) is 9.44. The highest BCUT2D eigenvalue weighted by Crippen LogP contribution is 2.34. The van der Waals surface area contributed by atoms with E-state index >= 15 is 0 Å². The summed E-state index contributed by atoms with van der Waals surface area (Å²) in [5, 5.41) is 5.08. The minimum Gasteiger partial charge on any atom is -0.454 e. The fraction of sp³-hybridized carbons (Fsp3) is 0.286. The summed E-state index contributed by atoms with van der Waals surface area (Å²) >= 11 is 0. The second-order valence-electron chi connectivity index (χ2n) is 9.27. The van der Waals surface area contributed by atoms with Crippen LogP contribution in [0.15, 0.2) is 48.5 Å². The van der Waals surface area contributed by atoms with E-state index in [4.69, 9.17) is 9.47 Å². The number of para-hydroxylation sites is 2. The van der Waals surface area contributed by atoms with Crippen LogP contribution in [-0.2, 0) is 28.8 Å². The maximum absolute atomic E-state index is 13.7. The molecule has 0 bridgehead atoms. The molecule has 12 heteroatoms. The third kappa shape index (κ3) is 6.52. The standard InChI is InChI=1S/C28H28N4O8/c1-17(34)11-20(15-33)29-27(37)14-32-23-6-4-3-5-22(23)31(18(2)35)13-21(28(32)38)30-26(36)10-8-19-7-9-24-25(12-19)40-16-39-24/h3-10,12,15,20-21H,11,13-14,16H2,1-2H3,(H,29,37)(H,30,36)/b10-8+/t20-,21?/m0/s1.